The Morgan fingerprint density at radius 2 is 2.22 bits per heavy atom. The molecule has 0 saturated heterocycles. The van der Waals surface area contributed by atoms with E-state index in [9.17, 15) is 0 Å². The van der Waals surface area contributed by atoms with E-state index in [2.05, 4.69) is 17.1 Å². The largest absolute Gasteiger partial charge is 0.438 e. The first-order chi connectivity index (χ1) is 8.86. The van der Waals surface area contributed by atoms with Gasteiger partial charge in [-0.15, -0.1) is 0 Å². The molecule has 0 saturated carbocycles. The van der Waals surface area contributed by atoms with E-state index in [1.165, 1.54) is 11.1 Å². The Bertz CT molecular complexity index is 629. The van der Waals surface area contributed by atoms with Crippen molar-refractivity contribution >= 4 is 0 Å². The van der Waals surface area contributed by atoms with Crippen LogP contribution in [0.4, 0.5) is 0 Å². The molecule has 1 aromatic heterocycles. The summed E-state index contributed by atoms with van der Waals surface area (Å²) in [6.45, 7) is 0. The molecular weight excluding hydrogens is 224 g/mol. The molecule has 0 spiro atoms. The minimum Gasteiger partial charge on any atom is -0.438 e. The molecule has 1 aliphatic rings. The Morgan fingerprint density at radius 3 is 3.11 bits per heavy atom. The molecule has 0 unspecified atom stereocenters. The van der Waals surface area contributed by atoms with Crippen LogP contribution in [-0.4, -0.2) is 4.98 Å². The Morgan fingerprint density at radius 1 is 1.28 bits per heavy atom. The highest BCUT2D eigenvalue weighted by atomic mass is 16.5. The van der Waals surface area contributed by atoms with Crippen LogP contribution >= 0.6 is 0 Å². The number of pyridine rings is 1. The predicted octanol–water partition coefficient (Wildman–Crippen LogP) is 3.23. The van der Waals surface area contributed by atoms with Crippen LogP contribution in [0.25, 0.3) is 0 Å². The summed E-state index contributed by atoms with van der Waals surface area (Å²) < 4.78 is 5.76. The summed E-state index contributed by atoms with van der Waals surface area (Å²) >= 11 is 0. The summed E-state index contributed by atoms with van der Waals surface area (Å²) in [5, 5.41) is 8.61. The average Bonchev–Trinajstić information content (AvgIpc) is 2.42. The van der Waals surface area contributed by atoms with Crippen molar-refractivity contribution in [3.63, 3.8) is 0 Å². The lowest BCUT2D eigenvalue weighted by Crippen LogP contribution is -2.05. The highest BCUT2D eigenvalue weighted by Crippen LogP contribution is 2.35. The molecule has 0 bridgehead atoms. The van der Waals surface area contributed by atoms with Crippen molar-refractivity contribution in [1.82, 2.24) is 4.98 Å². The SMILES string of the molecule is N#CCCc1ccc2c(c1)Cc1cccnc1O2. The third-order valence-corrected chi connectivity index (χ3v) is 3.09. The minimum absolute atomic E-state index is 0.553. The third-order valence-electron chi connectivity index (χ3n) is 3.09. The second kappa shape index (κ2) is 4.50. The predicted molar refractivity (Wildman–Crippen MR) is 67.5 cm³/mol. The van der Waals surface area contributed by atoms with Crippen molar-refractivity contribution in [3.05, 3.63) is 53.2 Å². The maximum Gasteiger partial charge on any atom is 0.222 e. The lowest BCUT2D eigenvalue weighted by atomic mass is 9.99. The van der Waals surface area contributed by atoms with Gasteiger partial charge in [-0.05, 0) is 29.7 Å². The summed E-state index contributed by atoms with van der Waals surface area (Å²) in [5.74, 6) is 1.58. The molecule has 18 heavy (non-hydrogen) atoms. The van der Waals surface area contributed by atoms with Crippen LogP contribution in [0.5, 0.6) is 11.6 Å². The smallest absolute Gasteiger partial charge is 0.222 e. The number of aryl methyl sites for hydroxylation is 1. The molecule has 3 nitrogen and oxygen atoms in total. The van der Waals surface area contributed by atoms with Crippen molar-refractivity contribution in [3.8, 4) is 17.7 Å². The molecule has 3 rings (SSSR count). The second-order valence-electron chi connectivity index (χ2n) is 4.35. The normalized spacial score (nSPS) is 11.9. The van der Waals surface area contributed by atoms with Crippen LogP contribution in [0.2, 0.25) is 0 Å². The second-order valence-corrected chi connectivity index (χ2v) is 4.35. The van der Waals surface area contributed by atoms with Gasteiger partial charge in [0.2, 0.25) is 5.88 Å². The molecule has 1 aromatic carbocycles. The molecule has 2 aromatic rings. The van der Waals surface area contributed by atoms with Gasteiger partial charge in [0.05, 0.1) is 6.07 Å². The lowest BCUT2D eigenvalue weighted by molar-refractivity contribution is 0.440. The molecule has 0 amide bonds. The number of benzene rings is 1. The van der Waals surface area contributed by atoms with Gasteiger partial charge in [0.1, 0.15) is 5.75 Å². The topological polar surface area (TPSA) is 45.9 Å². The number of hydrogen-bond acceptors (Lipinski definition) is 3. The van der Waals surface area contributed by atoms with Gasteiger partial charge in [-0.1, -0.05) is 18.2 Å². The maximum atomic E-state index is 8.61. The van der Waals surface area contributed by atoms with Crippen LogP contribution in [0.3, 0.4) is 0 Å². The first-order valence-electron chi connectivity index (χ1n) is 5.97. The zero-order valence-electron chi connectivity index (χ0n) is 9.89. The molecule has 2 heterocycles. The van der Waals surface area contributed by atoms with Crippen LogP contribution in [0.15, 0.2) is 36.5 Å². The van der Waals surface area contributed by atoms with Gasteiger partial charge in [0, 0.05) is 24.6 Å². The van der Waals surface area contributed by atoms with Crippen molar-refractivity contribution in [2.24, 2.45) is 0 Å². The quantitative estimate of drug-likeness (QED) is 0.686. The molecule has 0 fully saturated rings. The van der Waals surface area contributed by atoms with Crippen LogP contribution < -0.4 is 4.74 Å². The van der Waals surface area contributed by atoms with E-state index in [1.807, 2.05) is 24.3 Å². The van der Waals surface area contributed by atoms with Crippen LogP contribution in [0.1, 0.15) is 23.1 Å². The molecular formula is C15H12N2O. The lowest BCUT2D eigenvalue weighted by Gasteiger charge is -2.19. The van der Waals surface area contributed by atoms with E-state index in [0.717, 1.165) is 24.2 Å². The fourth-order valence-corrected chi connectivity index (χ4v) is 2.19. The van der Waals surface area contributed by atoms with E-state index in [0.29, 0.717) is 12.3 Å². The number of nitriles is 1. The molecule has 88 valence electrons. The molecule has 0 aliphatic carbocycles. The third kappa shape index (κ3) is 1.93. The van der Waals surface area contributed by atoms with E-state index in [-0.39, 0.29) is 0 Å². The van der Waals surface area contributed by atoms with Gasteiger partial charge in [-0.2, -0.15) is 5.26 Å². The number of rotatable bonds is 2. The summed E-state index contributed by atoms with van der Waals surface area (Å²) in [5.41, 5.74) is 3.47. The Hall–Kier alpha value is -2.34. The number of aromatic nitrogens is 1. The number of fused-ring (bicyclic) bond motifs is 2. The fourth-order valence-electron chi connectivity index (χ4n) is 2.19. The van der Waals surface area contributed by atoms with E-state index in [4.69, 9.17) is 10.00 Å². The molecule has 0 radical (unpaired) electrons. The first-order valence-corrected chi connectivity index (χ1v) is 5.97. The summed E-state index contributed by atoms with van der Waals surface area (Å²) in [6.07, 6.45) is 3.94. The zero-order chi connectivity index (χ0) is 12.4. The van der Waals surface area contributed by atoms with Crippen molar-refractivity contribution in [1.29, 1.82) is 5.26 Å². The summed E-state index contributed by atoms with van der Waals surface area (Å²) in [4.78, 5) is 4.22. The Balaban J connectivity index is 1.91. The Kier molecular flexibility index (Phi) is 2.70. The van der Waals surface area contributed by atoms with E-state index >= 15 is 0 Å². The van der Waals surface area contributed by atoms with Gasteiger partial charge in [-0.3, -0.25) is 0 Å². The Labute approximate surface area is 106 Å². The van der Waals surface area contributed by atoms with Crippen LogP contribution in [-0.2, 0) is 12.8 Å². The van der Waals surface area contributed by atoms with Crippen molar-refractivity contribution < 1.29 is 4.74 Å². The van der Waals surface area contributed by atoms with Gasteiger partial charge in [0.25, 0.3) is 0 Å². The standard InChI is InChI=1S/C15H12N2O/c16-7-1-3-11-5-6-14-13(9-11)10-12-4-2-8-17-15(12)18-14/h2,4-6,8-9H,1,3,10H2. The minimum atomic E-state index is 0.553. The highest BCUT2D eigenvalue weighted by molar-refractivity contribution is 5.48. The zero-order valence-corrected chi connectivity index (χ0v) is 9.89. The van der Waals surface area contributed by atoms with E-state index in [1.54, 1.807) is 6.20 Å². The van der Waals surface area contributed by atoms with E-state index < -0.39 is 0 Å². The van der Waals surface area contributed by atoms with Crippen LogP contribution in [0, 0.1) is 11.3 Å². The maximum absolute atomic E-state index is 8.61. The molecule has 1 aliphatic heterocycles. The average molecular weight is 236 g/mol. The summed E-state index contributed by atoms with van der Waals surface area (Å²) in [7, 11) is 0. The summed E-state index contributed by atoms with van der Waals surface area (Å²) in [6, 6.07) is 12.2. The molecule has 0 atom stereocenters. The van der Waals surface area contributed by atoms with Gasteiger partial charge >= 0.3 is 0 Å². The first kappa shape index (κ1) is 10.8. The van der Waals surface area contributed by atoms with Gasteiger partial charge in [-0.25, -0.2) is 4.98 Å². The van der Waals surface area contributed by atoms with Gasteiger partial charge in [0.15, 0.2) is 0 Å². The molecule has 3 heteroatoms. The number of ether oxygens (including phenoxy) is 1. The van der Waals surface area contributed by atoms with Crippen molar-refractivity contribution in [2.75, 3.05) is 0 Å². The van der Waals surface area contributed by atoms with Gasteiger partial charge < -0.3 is 4.74 Å². The molecule has 0 N–H and O–H groups in total. The highest BCUT2D eigenvalue weighted by Gasteiger charge is 2.17. The fraction of sp³-hybridized carbons (Fsp3) is 0.200. The number of hydrogen-bond donors (Lipinski definition) is 0. The van der Waals surface area contributed by atoms with Crippen molar-refractivity contribution in [2.45, 2.75) is 19.3 Å². The number of nitrogens with zero attached hydrogens (tertiary/aromatic N) is 2. The monoisotopic (exact) mass is 236 g/mol.